The maximum Gasteiger partial charge on any atom is 0.269 e. The van der Waals surface area contributed by atoms with Crippen LogP contribution >= 0.6 is 12.2 Å². The predicted octanol–water partition coefficient (Wildman–Crippen LogP) is 1.20. The fourth-order valence-electron chi connectivity index (χ4n) is 3.60. The lowest BCUT2D eigenvalue weighted by molar-refractivity contribution is 0.0943. The molecule has 1 saturated carbocycles. The van der Waals surface area contributed by atoms with Gasteiger partial charge in [0.1, 0.15) is 10.6 Å². The van der Waals surface area contributed by atoms with E-state index in [-0.39, 0.29) is 33.5 Å². The number of carbonyl (C=O) groups excluding carboxylic acids is 1. The van der Waals surface area contributed by atoms with E-state index in [4.69, 9.17) is 21.7 Å². The molecule has 3 rings (SSSR count). The fraction of sp³-hybridized carbons (Fsp3) is 0.579. The van der Waals surface area contributed by atoms with Crippen molar-refractivity contribution in [1.82, 2.24) is 20.9 Å². The highest BCUT2D eigenvalue weighted by atomic mass is 32.2. The molecule has 1 heterocycles. The third-order valence-corrected chi connectivity index (χ3v) is 6.98. The summed E-state index contributed by atoms with van der Waals surface area (Å²) in [5.74, 6) is -0.338. The van der Waals surface area contributed by atoms with E-state index in [9.17, 15) is 13.2 Å². The number of carbonyl (C=O) groups is 1. The first-order valence-corrected chi connectivity index (χ1v) is 11.9. The number of methoxy groups -OCH3 is 1. The van der Waals surface area contributed by atoms with Gasteiger partial charge in [-0.15, -0.1) is 0 Å². The zero-order valence-electron chi connectivity index (χ0n) is 16.9. The van der Waals surface area contributed by atoms with Crippen molar-refractivity contribution in [2.75, 3.05) is 20.3 Å². The van der Waals surface area contributed by atoms with Crippen molar-refractivity contribution < 1.29 is 22.7 Å². The monoisotopic (exact) mass is 456 g/mol. The molecular formula is C19H28N4O5S2. The van der Waals surface area contributed by atoms with E-state index < -0.39 is 15.9 Å². The Hall–Kier alpha value is -1.95. The smallest absolute Gasteiger partial charge is 0.269 e. The predicted molar refractivity (Wildman–Crippen MR) is 116 cm³/mol. The average molecular weight is 457 g/mol. The lowest BCUT2D eigenvalue weighted by Gasteiger charge is -2.16. The second-order valence-electron chi connectivity index (χ2n) is 7.39. The molecule has 1 aromatic carbocycles. The van der Waals surface area contributed by atoms with Crippen LogP contribution in [0, 0.1) is 0 Å². The van der Waals surface area contributed by atoms with E-state index >= 15 is 0 Å². The van der Waals surface area contributed by atoms with E-state index in [2.05, 4.69) is 20.9 Å². The summed E-state index contributed by atoms with van der Waals surface area (Å²) < 4.78 is 39.1. The van der Waals surface area contributed by atoms with Crippen LogP contribution in [0.5, 0.6) is 5.75 Å². The fourth-order valence-corrected chi connectivity index (χ4v) is 5.23. The molecule has 0 spiro atoms. The van der Waals surface area contributed by atoms with Gasteiger partial charge in [0.2, 0.25) is 10.0 Å². The maximum absolute atomic E-state index is 12.8. The molecule has 0 aromatic heterocycles. The van der Waals surface area contributed by atoms with Gasteiger partial charge in [-0.1, -0.05) is 12.8 Å². The van der Waals surface area contributed by atoms with Crippen molar-refractivity contribution in [2.45, 2.75) is 55.6 Å². The molecule has 0 bridgehead atoms. The zero-order valence-corrected chi connectivity index (χ0v) is 18.5. The Kier molecular flexibility index (Phi) is 7.87. The number of benzene rings is 1. The number of hydrazine groups is 1. The molecule has 1 unspecified atom stereocenters. The molecule has 2 aliphatic rings. The number of ether oxygens (including phenoxy) is 2. The standard InChI is InChI=1S/C19H28N4O5S2/c1-27-16-9-8-13(11-17(16)30(25,26)23-14-5-2-3-6-14)18(24)21-22-19(29)20-12-15-7-4-10-28-15/h8-9,11,14-15,23H,2-7,10,12H2,1H3,(H,21,24)(H2,20,22,29). The van der Waals surface area contributed by atoms with Gasteiger partial charge in [0, 0.05) is 24.8 Å². The van der Waals surface area contributed by atoms with Gasteiger partial charge in [0.15, 0.2) is 5.11 Å². The van der Waals surface area contributed by atoms with Gasteiger partial charge in [-0.3, -0.25) is 15.6 Å². The molecule has 9 nitrogen and oxygen atoms in total. The summed E-state index contributed by atoms with van der Waals surface area (Å²) in [7, 11) is -2.43. The molecule has 1 atom stereocenters. The lowest BCUT2D eigenvalue weighted by atomic mass is 10.2. The van der Waals surface area contributed by atoms with Crippen molar-refractivity contribution in [2.24, 2.45) is 0 Å². The number of hydrogen-bond donors (Lipinski definition) is 4. The highest BCUT2D eigenvalue weighted by Gasteiger charge is 2.26. The number of sulfonamides is 1. The van der Waals surface area contributed by atoms with E-state index in [0.717, 1.165) is 45.1 Å². The van der Waals surface area contributed by atoms with E-state index in [0.29, 0.717) is 6.54 Å². The van der Waals surface area contributed by atoms with Gasteiger partial charge in [-0.05, 0) is 56.1 Å². The summed E-state index contributed by atoms with van der Waals surface area (Å²) in [4.78, 5) is 12.4. The van der Waals surface area contributed by atoms with Crippen molar-refractivity contribution >= 4 is 33.3 Å². The van der Waals surface area contributed by atoms with Gasteiger partial charge >= 0.3 is 0 Å². The van der Waals surface area contributed by atoms with Gasteiger partial charge in [0.25, 0.3) is 5.91 Å². The van der Waals surface area contributed by atoms with Crippen molar-refractivity contribution in [3.63, 3.8) is 0 Å². The van der Waals surface area contributed by atoms with E-state index in [1.165, 1.54) is 25.3 Å². The Bertz CT molecular complexity index is 866. The largest absolute Gasteiger partial charge is 0.495 e. The number of rotatable bonds is 7. The maximum atomic E-state index is 12.8. The van der Waals surface area contributed by atoms with Gasteiger partial charge in [0.05, 0.1) is 13.2 Å². The minimum Gasteiger partial charge on any atom is -0.495 e. The molecular weight excluding hydrogens is 428 g/mol. The number of hydrogen-bond acceptors (Lipinski definition) is 6. The van der Waals surface area contributed by atoms with Gasteiger partial charge in [-0.25, -0.2) is 13.1 Å². The van der Waals surface area contributed by atoms with Crippen LogP contribution in [0.3, 0.4) is 0 Å². The Balaban J connectivity index is 1.61. The Morgan fingerprint density at radius 2 is 1.97 bits per heavy atom. The van der Waals surface area contributed by atoms with Crippen LogP contribution in [0.4, 0.5) is 0 Å². The van der Waals surface area contributed by atoms with Crippen LogP contribution in [0.2, 0.25) is 0 Å². The first-order valence-electron chi connectivity index (χ1n) is 10.0. The Labute approximate surface area is 182 Å². The summed E-state index contributed by atoms with van der Waals surface area (Å²) >= 11 is 5.14. The Morgan fingerprint density at radius 1 is 1.20 bits per heavy atom. The number of thiocarbonyl (C=S) groups is 1. The molecule has 0 radical (unpaired) electrons. The van der Waals surface area contributed by atoms with Crippen LogP contribution in [-0.4, -0.2) is 51.8 Å². The zero-order chi connectivity index (χ0) is 21.6. The minimum absolute atomic E-state index is 0.0661. The first-order chi connectivity index (χ1) is 14.4. The molecule has 4 N–H and O–H groups in total. The minimum atomic E-state index is -3.82. The van der Waals surface area contributed by atoms with Crippen LogP contribution in [0.25, 0.3) is 0 Å². The number of amides is 1. The second kappa shape index (κ2) is 10.4. The number of nitrogens with one attached hydrogen (secondary N) is 4. The van der Waals surface area contributed by atoms with Crippen LogP contribution in [0.1, 0.15) is 48.9 Å². The third kappa shape index (κ3) is 6.03. The van der Waals surface area contributed by atoms with E-state index in [1.54, 1.807) is 0 Å². The third-order valence-electron chi connectivity index (χ3n) is 5.20. The van der Waals surface area contributed by atoms with Crippen LogP contribution in [-0.2, 0) is 14.8 Å². The van der Waals surface area contributed by atoms with Crippen molar-refractivity contribution in [3.8, 4) is 5.75 Å². The van der Waals surface area contributed by atoms with E-state index in [1.807, 2.05) is 0 Å². The van der Waals surface area contributed by atoms with Crippen LogP contribution < -0.4 is 25.6 Å². The molecule has 1 amide bonds. The van der Waals surface area contributed by atoms with Crippen molar-refractivity contribution in [3.05, 3.63) is 23.8 Å². The van der Waals surface area contributed by atoms with Gasteiger partial charge in [-0.2, -0.15) is 0 Å². The topological polar surface area (TPSA) is 118 Å². The SMILES string of the molecule is COc1ccc(C(=O)NNC(=S)NCC2CCCO2)cc1S(=O)(=O)NC1CCCC1. The summed E-state index contributed by atoms with van der Waals surface area (Å²) in [6.07, 6.45) is 5.73. The van der Waals surface area contributed by atoms with Gasteiger partial charge < -0.3 is 14.8 Å². The second-order valence-corrected chi connectivity index (χ2v) is 9.48. The Morgan fingerprint density at radius 3 is 2.63 bits per heavy atom. The average Bonchev–Trinajstić information content (AvgIpc) is 3.43. The molecule has 11 heteroatoms. The molecule has 1 aromatic rings. The molecule has 1 aliphatic carbocycles. The summed E-state index contributed by atoms with van der Waals surface area (Å²) in [6, 6.07) is 4.17. The van der Waals surface area contributed by atoms with Crippen molar-refractivity contribution in [1.29, 1.82) is 0 Å². The van der Waals surface area contributed by atoms with Crippen LogP contribution in [0.15, 0.2) is 23.1 Å². The first kappa shape index (κ1) is 22.7. The molecule has 1 aliphatic heterocycles. The molecule has 166 valence electrons. The molecule has 1 saturated heterocycles. The highest BCUT2D eigenvalue weighted by molar-refractivity contribution is 7.89. The summed E-state index contributed by atoms with van der Waals surface area (Å²) in [5, 5.41) is 3.23. The molecule has 30 heavy (non-hydrogen) atoms. The summed E-state index contributed by atoms with van der Waals surface area (Å²) in [6.45, 7) is 1.31. The normalized spacial score (nSPS) is 19.4. The molecule has 2 fully saturated rings. The summed E-state index contributed by atoms with van der Waals surface area (Å²) in [5.41, 5.74) is 5.26. The quantitative estimate of drug-likeness (QED) is 0.357. The lowest BCUT2D eigenvalue weighted by Crippen LogP contribution is -2.48. The highest BCUT2D eigenvalue weighted by Crippen LogP contribution is 2.27.